The van der Waals surface area contributed by atoms with Gasteiger partial charge in [-0.15, -0.1) is 11.3 Å². The zero-order valence-corrected chi connectivity index (χ0v) is 10.8. The molecular weight excluding hydrogens is 309 g/mol. The Morgan fingerprint density at radius 2 is 2.05 bits per heavy atom. The third-order valence-electron chi connectivity index (χ3n) is 2.89. The molecule has 0 unspecified atom stereocenters. The molecule has 21 heavy (non-hydrogen) atoms. The summed E-state index contributed by atoms with van der Waals surface area (Å²) in [6.45, 7) is 0. The lowest BCUT2D eigenvalue weighted by Gasteiger charge is -2.06. The molecule has 0 radical (unpaired) electrons. The van der Waals surface area contributed by atoms with Gasteiger partial charge < -0.3 is 5.11 Å². The Morgan fingerprint density at radius 1 is 1.33 bits per heavy atom. The van der Waals surface area contributed by atoms with Gasteiger partial charge >= 0.3 is 17.8 Å². The van der Waals surface area contributed by atoms with Gasteiger partial charge in [-0.25, -0.2) is 19.0 Å². The molecule has 2 aromatic heterocycles. The number of hydrogen-bond donors (Lipinski definition) is 1. The molecule has 3 rings (SSSR count). The van der Waals surface area contributed by atoms with Crippen molar-refractivity contribution in [2.45, 2.75) is 6.18 Å². The topological polar surface area (TPSA) is 71.7 Å². The number of carboxylic acids is 1. The lowest BCUT2D eigenvalue weighted by molar-refractivity contribution is -0.137. The minimum atomic E-state index is -4.55. The summed E-state index contributed by atoms with van der Waals surface area (Å²) in [4.78, 5) is 26.3. The summed E-state index contributed by atoms with van der Waals surface area (Å²) in [5.41, 5.74) is -1.97. The maximum Gasteiger partial charge on any atom is 0.416 e. The van der Waals surface area contributed by atoms with E-state index in [1.807, 2.05) is 0 Å². The highest BCUT2D eigenvalue weighted by Crippen LogP contribution is 2.34. The van der Waals surface area contributed by atoms with E-state index in [4.69, 9.17) is 5.11 Å². The number of thiazole rings is 1. The molecule has 0 amide bonds. The van der Waals surface area contributed by atoms with Crippen LogP contribution in [-0.2, 0) is 6.18 Å². The second kappa shape index (κ2) is 4.29. The fourth-order valence-corrected chi connectivity index (χ4v) is 3.08. The maximum atomic E-state index is 12.7. The Kier molecular flexibility index (Phi) is 2.77. The number of halogens is 3. The van der Waals surface area contributed by atoms with E-state index in [1.165, 1.54) is 6.07 Å². The van der Waals surface area contributed by atoms with Crippen LogP contribution in [0.5, 0.6) is 0 Å². The van der Waals surface area contributed by atoms with Gasteiger partial charge in [0.05, 0.1) is 22.0 Å². The van der Waals surface area contributed by atoms with Crippen molar-refractivity contribution in [3.8, 4) is 0 Å². The van der Waals surface area contributed by atoms with E-state index in [-0.39, 0.29) is 15.9 Å². The quantitative estimate of drug-likeness (QED) is 0.749. The first kappa shape index (κ1) is 13.6. The first-order valence-corrected chi connectivity index (χ1v) is 6.35. The van der Waals surface area contributed by atoms with Crippen molar-refractivity contribution in [3.05, 3.63) is 46.0 Å². The van der Waals surface area contributed by atoms with E-state index in [0.717, 1.165) is 34.1 Å². The highest BCUT2D eigenvalue weighted by Gasteiger charge is 2.31. The standard InChI is InChI=1S/C12H5F3N2O3S/c13-12(14,15)5-1-2-8-7(3-5)17-9(21-8)6(10(18)19)4-16-11(17)20/h1-4H,(H,18,19). The monoisotopic (exact) mass is 314 g/mol. The molecule has 5 nitrogen and oxygen atoms in total. The van der Waals surface area contributed by atoms with Crippen LogP contribution in [0, 0.1) is 0 Å². The average molecular weight is 314 g/mol. The summed E-state index contributed by atoms with van der Waals surface area (Å²) in [6, 6.07) is 2.91. The van der Waals surface area contributed by atoms with Crippen LogP contribution >= 0.6 is 11.3 Å². The van der Waals surface area contributed by atoms with E-state index in [9.17, 15) is 22.8 Å². The van der Waals surface area contributed by atoms with E-state index in [0.29, 0.717) is 4.70 Å². The Balaban J connectivity index is 2.48. The van der Waals surface area contributed by atoms with Gasteiger partial charge in [0.2, 0.25) is 0 Å². The fourth-order valence-electron chi connectivity index (χ4n) is 1.96. The Hall–Kier alpha value is -2.42. The maximum absolute atomic E-state index is 12.7. The fraction of sp³-hybridized carbons (Fsp3) is 0.0833. The van der Waals surface area contributed by atoms with Crippen LogP contribution in [-0.4, -0.2) is 20.5 Å². The molecule has 0 aliphatic rings. The normalized spacial score (nSPS) is 12.1. The summed E-state index contributed by atoms with van der Waals surface area (Å²) >= 11 is 0.925. The van der Waals surface area contributed by atoms with Crippen LogP contribution in [0.15, 0.2) is 29.2 Å². The Morgan fingerprint density at radius 3 is 2.67 bits per heavy atom. The largest absolute Gasteiger partial charge is 0.478 e. The lowest BCUT2D eigenvalue weighted by atomic mass is 10.2. The smallest absolute Gasteiger partial charge is 0.416 e. The summed E-state index contributed by atoms with van der Waals surface area (Å²) in [5.74, 6) is -1.30. The molecule has 108 valence electrons. The molecule has 3 aromatic rings. The van der Waals surface area contributed by atoms with Crippen molar-refractivity contribution >= 4 is 32.4 Å². The first-order chi connectivity index (χ1) is 9.79. The van der Waals surface area contributed by atoms with Gasteiger partial charge in [0.1, 0.15) is 10.4 Å². The van der Waals surface area contributed by atoms with Crippen LogP contribution in [0.25, 0.3) is 15.0 Å². The molecule has 9 heteroatoms. The average Bonchev–Trinajstić information content (AvgIpc) is 2.76. The van der Waals surface area contributed by atoms with Gasteiger partial charge in [0, 0.05) is 0 Å². The van der Waals surface area contributed by atoms with Crippen LogP contribution in [0.2, 0.25) is 0 Å². The molecule has 0 saturated carbocycles. The number of fused-ring (bicyclic) bond motifs is 3. The van der Waals surface area contributed by atoms with E-state index < -0.39 is 23.4 Å². The van der Waals surface area contributed by atoms with Crippen molar-refractivity contribution in [2.24, 2.45) is 0 Å². The number of hydrogen-bond acceptors (Lipinski definition) is 4. The van der Waals surface area contributed by atoms with E-state index >= 15 is 0 Å². The van der Waals surface area contributed by atoms with Crippen LogP contribution in [0.1, 0.15) is 15.9 Å². The molecule has 1 aromatic carbocycles. The molecule has 0 spiro atoms. The zero-order chi connectivity index (χ0) is 15.4. The molecule has 0 saturated heterocycles. The van der Waals surface area contributed by atoms with E-state index in [2.05, 4.69) is 4.98 Å². The summed E-state index contributed by atoms with van der Waals surface area (Å²) in [5, 5.41) is 9.05. The molecule has 2 heterocycles. The SMILES string of the molecule is O=C(O)c1cnc(=O)n2c1sc1ccc(C(F)(F)F)cc12. The van der Waals surface area contributed by atoms with Crippen LogP contribution in [0.3, 0.4) is 0 Å². The van der Waals surface area contributed by atoms with Crippen molar-refractivity contribution in [3.63, 3.8) is 0 Å². The predicted octanol–water partition coefficient (Wildman–Crippen LogP) is 2.63. The molecule has 0 fully saturated rings. The van der Waals surface area contributed by atoms with Gasteiger partial charge in [-0.3, -0.25) is 0 Å². The van der Waals surface area contributed by atoms with Crippen molar-refractivity contribution < 1.29 is 23.1 Å². The minimum Gasteiger partial charge on any atom is -0.478 e. The number of nitrogens with zero attached hydrogens (tertiary/aromatic N) is 2. The van der Waals surface area contributed by atoms with Gasteiger partial charge in [-0.2, -0.15) is 13.2 Å². The number of aromatic nitrogens is 2. The van der Waals surface area contributed by atoms with E-state index in [1.54, 1.807) is 0 Å². The van der Waals surface area contributed by atoms with Gasteiger partial charge in [0.15, 0.2) is 0 Å². The predicted molar refractivity (Wildman–Crippen MR) is 68.8 cm³/mol. The number of carboxylic acid groups (broad SMARTS) is 1. The van der Waals surface area contributed by atoms with Crippen molar-refractivity contribution in [2.75, 3.05) is 0 Å². The molecule has 0 aliphatic carbocycles. The first-order valence-electron chi connectivity index (χ1n) is 5.54. The molecular formula is C12H5F3N2O3S. The number of rotatable bonds is 1. The third kappa shape index (κ3) is 2.05. The number of alkyl halides is 3. The van der Waals surface area contributed by atoms with Gasteiger partial charge in [-0.05, 0) is 18.2 Å². The van der Waals surface area contributed by atoms with Crippen molar-refractivity contribution in [1.82, 2.24) is 9.38 Å². The number of benzene rings is 1. The van der Waals surface area contributed by atoms with Crippen LogP contribution < -0.4 is 5.69 Å². The second-order valence-corrected chi connectivity index (χ2v) is 5.21. The highest BCUT2D eigenvalue weighted by atomic mass is 32.1. The Bertz CT molecular complexity index is 942. The Labute approximate surface area is 117 Å². The summed E-state index contributed by atoms with van der Waals surface area (Å²) < 4.78 is 39.5. The van der Waals surface area contributed by atoms with Crippen LogP contribution in [0.4, 0.5) is 13.2 Å². The minimum absolute atomic E-state index is 0.00887. The molecule has 0 atom stereocenters. The van der Waals surface area contributed by atoms with Gasteiger partial charge in [-0.1, -0.05) is 0 Å². The van der Waals surface area contributed by atoms with Gasteiger partial charge in [0.25, 0.3) is 0 Å². The number of aromatic carboxylic acids is 1. The molecule has 0 aliphatic heterocycles. The lowest BCUT2D eigenvalue weighted by Crippen LogP contribution is -2.18. The highest BCUT2D eigenvalue weighted by molar-refractivity contribution is 7.24. The molecule has 0 bridgehead atoms. The second-order valence-electron chi connectivity index (χ2n) is 4.18. The summed E-state index contributed by atoms with van der Waals surface area (Å²) in [7, 11) is 0. The summed E-state index contributed by atoms with van der Waals surface area (Å²) in [6.07, 6.45) is -3.65. The van der Waals surface area contributed by atoms with Crippen molar-refractivity contribution in [1.29, 1.82) is 0 Å². The molecule has 1 N–H and O–H groups in total. The zero-order valence-electron chi connectivity index (χ0n) is 10.0. The third-order valence-corrected chi connectivity index (χ3v) is 4.05. The number of carbonyl (C=O) groups is 1.